The molecule has 0 radical (unpaired) electrons. The molecule has 0 aromatic carbocycles. The summed E-state index contributed by atoms with van der Waals surface area (Å²) in [5.41, 5.74) is 5.04. The molecule has 2 N–H and O–H groups in total. The average molecular weight is 260 g/mol. The average Bonchev–Trinajstić information content (AvgIpc) is 2.32. The van der Waals surface area contributed by atoms with Crippen LogP contribution in [0.3, 0.4) is 0 Å². The molecule has 0 spiro atoms. The lowest BCUT2D eigenvalue weighted by atomic mass is 10.2. The summed E-state index contributed by atoms with van der Waals surface area (Å²) >= 11 is 4.25. The van der Waals surface area contributed by atoms with Gasteiger partial charge in [0.2, 0.25) is 0 Å². The summed E-state index contributed by atoms with van der Waals surface area (Å²) < 4.78 is 36.7. The van der Waals surface area contributed by atoms with Crippen LogP contribution in [0.15, 0.2) is 15.2 Å². The molecular formula is C6H5BrF3NS. The molecule has 1 aromatic rings. The zero-order valence-corrected chi connectivity index (χ0v) is 8.13. The van der Waals surface area contributed by atoms with Crippen molar-refractivity contribution in [1.29, 1.82) is 0 Å². The Labute approximate surface area is 79.5 Å². The minimum absolute atomic E-state index is 0.0966. The van der Waals surface area contributed by atoms with Gasteiger partial charge in [0.15, 0.2) is 0 Å². The number of halogens is 4. The van der Waals surface area contributed by atoms with Crippen molar-refractivity contribution in [3.05, 3.63) is 20.8 Å². The van der Waals surface area contributed by atoms with Crippen molar-refractivity contribution in [2.75, 3.05) is 0 Å². The Kier molecular flexibility index (Phi) is 2.80. The predicted octanol–water partition coefficient (Wildman–Crippen LogP) is 3.07. The Bertz CT molecular complexity index is 270. The highest BCUT2D eigenvalue weighted by Gasteiger charge is 2.38. The monoisotopic (exact) mass is 259 g/mol. The summed E-state index contributed by atoms with van der Waals surface area (Å²) in [6.07, 6.45) is -4.36. The predicted molar refractivity (Wildman–Crippen MR) is 45.0 cm³/mol. The van der Waals surface area contributed by atoms with Crippen LogP contribution in [-0.2, 0) is 0 Å². The summed E-state index contributed by atoms with van der Waals surface area (Å²) in [5.74, 6) is 0. The first-order valence-corrected chi connectivity index (χ1v) is 4.65. The van der Waals surface area contributed by atoms with Crippen LogP contribution in [0.5, 0.6) is 0 Å². The van der Waals surface area contributed by atoms with Crippen molar-refractivity contribution < 1.29 is 13.2 Å². The van der Waals surface area contributed by atoms with Gasteiger partial charge in [0.05, 0.1) is 3.79 Å². The number of hydrogen-bond acceptors (Lipinski definition) is 2. The van der Waals surface area contributed by atoms with Crippen LogP contribution >= 0.6 is 27.3 Å². The van der Waals surface area contributed by atoms with Crippen LogP contribution < -0.4 is 5.73 Å². The van der Waals surface area contributed by atoms with Crippen molar-refractivity contribution in [3.8, 4) is 0 Å². The van der Waals surface area contributed by atoms with Crippen LogP contribution in [0.2, 0.25) is 0 Å². The highest BCUT2D eigenvalue weighted by atomic mass is 79.9. The highest BCUT2D eigenvalue weighted by molar-refractivity contribution is 9.11. The Hall–Kier alpha value is -0.0700. The van der Waals surface area contributed by atoms with E-state index in [1.54, 1.807) is 0 Å². The molecule has 0 bridgehead atoms. The molecule has 1 rings (SSSR count). The lowest BCUT2D eigenvalue weighted by Gasteiger charge is -2.13. The Balaban J connectivity index is 2.85. The van der Waals surface area contributed by atoms with Crippen molar-refractivity contribution in [2.24, 2.45) is 5.73 Å². The molecule has 0 fully saturated rings. The third-order valence-corrected chi connectivity index (χ3v) is 2.82. The topological polar surface area (TPSA) is 26.0 Å². The fraction of sp³-hybridized carbons (Fsp3) is 0.333. The Morgan fingerprint density at radius 3 is 2.42 bits per heavy atom. The fourth-order valence-electron chi connectivity index (χ4n) is 0.675. The van der Waals surface area contributed by atoms with Crippen molar-refractivity contribution >= 4 is 27.3 Å². The van der Waals surface area contributed by atoms with Gasteiger partial charge in [0.25, 0.3) is 0 Å². The van der Waals surface area contributed by atoms with E-state index in [0.29, 0.717) is 3.79 Å². The van der Waals surface area contributed by atoms with Crippen molar-refractivity contribution in [1.82, 2.24) is 0 Å². The van der Waals surface area contributed by atoms with Gasteiger partial charge in [-0.3, -0.25) is 0 Å². The van der Waals surface area contributed by atoms with Crippen molar-refractivity contribution in [2.45, 2.75) is 12.2 Å². The second-order valence-corrected chi connectivity index (χ2v) is 4.49. The first-order chi connectivity index (χ1) is 5.41. The second-order valence-electron chi connectivity index (χ2n) is 2.20. The third-order valence-electron chi connectivity index (χ3n) is 1.30. The van der Waals surface area contributed by atoms with E-state index in [9.17, 15) is 13.2 Å². The minimum Gasteiger partial charge on any atom is -0.316 e. The van der Waals surface area contributed by atoms with E-state index < -0.39 is 12.2 Å². The highest BCUT2D eigenvalue weighted by Crippen LogP contribution is 2.33. The normalized spacial score (nSPS) is 14.8. The molecule has 0 amide bonds. The number of alkyl halides is 3. The van der Waals surface area contributed by atoms with E-state index in [0.717, 1.165) is 0 Å². The Morgan fingerprint density at radius 1 is 1.50 bits per heavy atom. The molecular weight excluding hydrogens is 255 g/mol. The molecule has 0 aliphatic carbocycles. The van der Waals surface area contributed by atoms with E-state index in [1.807, 2.05) is 0 Å². The number of rotatable bonds is 1. The molecule has 0 aliphatic heterocycles. The largest absolute Gasteiger partial charge is 0.407 e. The summed E-state index contributed by atoms with van der Waals surface area (Å²) in [7, 11) is 0. The van der Waals surface area contributed by atoms with E-state index >= 15 is 0 Å². The summed E-state index contributed by atoms with van der Waals surface area (Å²) in [4.78, 5) is 0. The van der Waals surface area contributed by atoms with Gasteiger partial charge in [0.1, 0.15) is 6.04 Å². The van der Waals surface area contributed by atoms with Crippen LogP contribution in [0.25, 0.3) is 0 Å². The van der Waals surface area contributed by atoms with Gasteiger partial charge in [-0.1, -0.05) is 0 Å². The molecule has 0 aliphatic rings. The Morgan fingerprint density at radius 2 is 2.08 bits per heavy atom. The van der Waals surface area contributed by atoms with E-state index in [4.69, 9.17) is 5.73 Å². The molecule has 12 heavy (non-hydrogen) atoms. The van der Waals surface area contributed by atoms with Gasteiger partial charge in [-0.2, -0.15) is 13.2 Å². The lowest BCUT2D eigenvalue weighted by Crippen LogP contribution is -2.27. The molecule has 1 heterocycles. The number of thiophene rings is 1. The maximum Gasteiger partial charge on any atom is 0.407 e. The number of hydrogen-bond donors (Lipinski definition) is 1. The molecule has 0 saturated heterocycles. The molecule has 1 atom stereocenters. The van der Waals surface area contributed by atoms with Crippen LogP contribution in [0, 0.1) is 0 Å². The second kappa shape index (κ2) is 3.35. The SMILES string of the molecule is N[C@@H](c1csc(Br)c1)C(F)(F)F. The van der Waals surface area contributed by atoms with E-state index in [2.05, 4.69) is 15.9 Å². The molecule has 0 unspecified atom stereocenters. The molecule has 6 heteroatoms. The fourth-order valence-corrected chi connectivity index (χ4v) is 1.89. The maximum absolute atomic E-state index is 12.0. The zero-order chi connectivity index (χ0) is 9.35. The van der Waals surface area contributed by atoms with Crippen molar-refractivity contribution in [3.63, 3.8) is 0 Å². The van der Waals surface area contributed by atoms with E-state index in [1.165, 1.54) is 22.8 Å². The first-order valence-electron chi connectivity index (χ1n) is 2.97. The standard InChI is InChI=1S/C6H5BrF3NS/c7-4-1-3(2-12-4)5(11)6(8,9)10/h1-2,5H,11H2/t5-/m0/s1. The van der Waals surface area contributed by atoms with E-state index in [-0.39, 0.29) is 5.56 Å². The molecule has 0 saturated carbocycles. The van der Waals surface area contributed by atoms with Gasteiger partial charge in [-0.25, -0.2) is 0 Å². The first kappa shape index (κ1) is 10.0. The quantitative estimate of drug-likeness (QED) is 0.825. The maximum atomic E-state index is 12.0. The zero-order valence-electron chi connectivity index (χ0n) is 5.73. The van der Waals surface area contributed by atoms with Crippen LogP contribution in [0.1, 0.15) is 11.6 Å². The lowest BCUT2D eigenvalue weighted by molar-refractivity contribution is -0.149. The van der Waals surface area contributed by atoms with Gasteiger partial charge in [-0.15, -0.1) is 11.3 Å². The van der Waals surface area contributed by atoms with Crippen LogP contribution in [0.4, 0.5) is 13.2 Å². The molecule has 1 nitrogen and oxygen atoms in total. The van der Waals surface area contributed by atoms with Gasteiger partial charge >= 0.3 is 6.18 Å². The van der Waals surface area contributed by atoms with Gasteiger partial charge < -0.3 is 5.73 Å². The summed E-state index contributed by atoms with van der Waals surface area (Å²) in [6, 6.07) is -0.497. The van der Waals surface area contributed by atoms with Crippen LogP contribution in [-0.4, -0.2) is 6.18 Å². The molecule has 1 aromatic heterocycles. The third kappa shape index (κ3) is 2.21. The summed E-state index contributed by atoms with van der Waals surface area (Å²) in [6.45, 7) is 0. The summed E-state index contributed by atoms with van der Waals surface area (Å²) in [5, 5.41) is 1.39. The van der Waals surface area contributed by atoms with Gasteiger partial charge in [0, 0.05) is 0 Å². The number of nitrogens with two attached hydrogens (primary N) is 1. The molecule has 68 valence electrons. The smallest absolute Gasteiger partial charge is 0.316 e. The van der Waals surface area contributed by atoms with Gasteiger partial charge in [-0.05, 0) is 32.9 Å². The minimum atomic E-state index is -4.36.